The van der Waals surface area contributed by atoms with Gasteiger partial charge in [0.1, 0.15) is 6.10 Å². The highest BCUT2D eigenvalue weighted by atomic mass is 19.2. The summed E-state index contributed by atoms with van der Waals surface area (Å²) in [7, 11) is 0. The number of ether oxygens (including phenoxy) is 1. The molecule has 1 saturated carbocycles. The van der Waals surface area contributed by atoms with Crippen LogP contribution in [0.25, 0.3) is 0 Å². The lowest BCUT2D eigenvalue weighted by molar-refractivity contribution is 0.146. The summed E-state index contributed by atoms with van der Waals surface area (Å²) in [4.78, 5) is 0. The van der Waals surface area contributed by atoms with Gasteiger partial charge in [-0.1, -0.05) is 6.07 Å². The van der Waals surface area contributed by atoms with Crippen LogP contribution in [0.5, 0.6) is 5.75 Å². The van der Waals surface area contributed by atoms with E-state index < -0.39 is 11.6 Å². The van der Waals surface area contributed by atoms with Crippen molar-refractivity contribution in [3.8, 4) is 5.75 Å². The van der Waals surface area contributed by atoms with E-state index in [1.54, 1.807) is 0 Å². The van der Waals surface area contributed by atoms with E-state index in [1.165, 1.54) is 12.1 Å². The topological polar surface area (TPSA) is 29.5 Å². The molecule has 1 fully saturated rings. The van der Waals surface area contributed by atoms with Gasteiger partial charge in [-0.15, -0.1) is 0 Å². The zero-order valence-corrected chi connectivity index (χ0v) is 8.12. The van der Waals surface area contributed by atoms with E-state index in [2.05, 4.69) is 0 Å². The minimum Gasteiger partial charge on any atom is -0.487 e. The molecule has 1 aliphatic carbocycles. The maximum Gasteiger partial charge on any atom is 0.200 e. The summed E-state index contributed by atoms with van der Waals surface area (Å²) in [6.45, 7) is 0. The van der Waals surface area contributed by atoms with Crippen molar-refractivity contribution >= 4 is 0 Å². The average molecular weight is 214 g/mol. The van der Waals surface area contributed by atoms with E-state index in [1.807, 2.05) is 0 Å². The normalized spacial score (nSPS) is 25.5. The van der Waals surface area contributed by atoms with Crippen molar-refractivity contribution in [3.63, 3.8) is 0 Å². The van der Waals surface area contributed by atoms with Crippen LogP contribution in [0.15, 0.2) is 18.2 Å². The Morgan fingerprint density at radius 1 is 1.27 bits per heavy atom. The Hall–Kier alpha value is -1.16. The molecule has 0 aliphatic heterocycles. The van der Waals surface area contributed by atoms with Gasteiger partial charge < -0.3 is 9.84 Å². The molecule has 82 valence electrons. The van der Waals surface area contributed by atoms with Gasteiger partial charge in [0.25, 0.3) is 0 Å². The predicted molar refractivity (Wildman–Crippen MR) is 50.6 cm³/mol. The summed E-state index contributed by atoms with van der Waals surface area (Å²) < 4.78 is 31.3. The fraction of sp³-hybridized carbons (Fsp3) is 0.455. The Labute approximate surface area is 86.5 Å². The van der Waals surface area contributed by atoms with Crippen LogP contribution >= 0.6 is 0 Å². The van der Waals surface area contributed by atoms with E-state index >= 15 is 0 Å². The third-order valence-electron chi connectivity index (χ3n) is 2.57. The van der Waals surface area contributed by atoms with Gasteiger partial charge in [0.2, 0.25) is 5.82 Å². The number of rotatable bonds is 2. The SMILES string of the molecule is OC1CCC(Oc2cccc(F)c2F)C1. The van der Waals surface area contributed by atoms with Gasteiger partial charge in [0.05, 0.1) is 6.10 Å². The molecule has 2 unspecified atom stereocenters. The standard InChI is InChI=1S/C11H12F2O2/c12-9-2-1-3-10(11(9)13)15-8-5-4-7(14)6-8/h1-3,7-8,14H,4-6H2. The van der Waals surface area contributed by atoms with Gasteiger partial charge in [0.15, 0.2) is 11.6 Å². The highest BCUT2D eigenvalue weighted by molar-refractivity contribution is 5.25. The van der Waals surface area contributed by atoms with Gasteiger partial charge in [-0.3, -0.25) is 0 Å². The molecule has 2 atom stereocenters. The molecule has 1 aromatic rings. The van der Waals surface area contributed by atoms with Crippen molar-refractivity contribution in [1.29, 1.82) is 0 Å². The van der Waals surface area contributed by atoms with Crippen molar-refractivity contribution in [2.75, 3.05) is 0 Å². The number of hydrogen-bond acceptors (Lipinski definition) is 2. The molecule has 0 amide bonds. The molecule has 0 spiro atoms. The molecule has 4 heteroatoms. The van der Waals surface area contributed by atoms with Gasteiger partial charge in [-0.2, -0.15) is 4.39 Å². The van der Waals surface area contributed by atoms with E-state index in [-0.39, 0.29) is 18.0 Å². The number of aliphatic hydroxyl groups excluding tert-OH is 1. The molecule has 15 heavy (non-hydrogen) atoms. The van der Waals surface area contributed by atoms with E-state index in [9.17, 15) is 13.9 Å². The highest BCUT2D eigenvalue weighted by Crippen LogP contribution is 2.27. The van der Waals surface area contributed by atoms with Gasteiger partial charge in [-0.05, 0) is 25.0 Å². The summed E-state index contributed by atoms with van der Waals surface area (Å²) >= 11 is 0. The lowest BCUT2D eigenvalue weighted by atomic mass is 10.3. The summed E-state index contributed by atoms with van der Waals surface area (Å²) in [5.74, 6) is -1.95. The molecule has 0 bridgehead atoms. The highest BCUT2D eigenvalue weighted by Gasteiger charge is 2.25. The van der Waals surface area contributed by atoms with Crippen LogP contribution in [-0.2, 0) is 0 Å². The van der Waals surface area contributed by atoms with Gasteiger partial charge in [-0.25, -0.2) is 4.39 Å². The largest absolute Gasteiger partial charge is 0.487 e. The lowest BCUT2D eigenvalue weighted by Crippen LogP contribution is -2.14. The van der Waals surface area contributed by atoms with Crippen molar-refractivity contribution in [3.05, 3.63) is 29.8 Å². The van der Waals surface area contributed by atoms with Crippen LogP contribution in [-0.4, -0.2) is 17.3 Å². The molecule has 2 rings (SSSR count). The van der Waals surface area contributed by atoms with Crippen LogP contribution in [0.3, 0.4) is 0 Å². The maximum atomic E-state index is 13.2. The van der Waals surface area contributed by atoms with Crippen LogP contribution in [0.4, 0.5) is 8.78 Å². The molecule has 0 saturated heterocycles. The first kappa shape index (κ1) is 10.4. The molecule has 0 aromatic heterocycles. The minimum absolute atomic E-state index is 0.0749. The zero-order chi connectivity index (χ0) is 10.8. The predicted octanol–water partition coefficient (Wildman–Crippen LogP) is 2.26. The molecule has 0 radical (unpaired) electrons. The number of aliphatic hydroxyl groups is 1. The molecule has 1 N–H and O–H groups in total. The van der Waals surface area contributed by atoms with Crippen molar-refractivity contribution in [2.45, 2.75) is 31.5 Å². The third kappa shape index (κ3) is 2.26. The van der Waals surface area contributed by atoms with Crippen molar-refractivity contribution in [2.24, 2.45) is 0 Å². The Morgan fingerprint density at radius 2 is 2.07 bits per heavy atom. The lowest BCUT2D eigenvalue weighted by Gasteiger charge is -2.13. The molecular weight excluding hydrogens is 202 g/mol. The van der Waals surface area contributed by atoms with Crippen LogP contribution in [0.1, 0.15) is 19.3 Å². The molecule has 2 nitrogen and oxygen atoms in total. The second-order valence-corrected chi connectivity index (χ2v) is 3.76. The zero-order valence-electron chi connectivity index (χ0n) is 8.12. The van der Waals surface area contributed by atoms with E-state index in [4.69, 9.17) is 4.74 Å². The molecule has 0 heterocycles. The van der Waals surface area contributed by atoms with Crippen molar-refractivity contribution in [1.82, 2.24) is 0 Å². The third-order valence-corrected chi connectivity index (χ3v) is 2.57. The first-order valence-electron chi connectivity index (χ1n) is 4.95. The van der Waals surface area contributed by atoms with Crippen LogP contribution < -0.4 is 4.74 Å². The molecule has 1 aliphatic rings. The number of halogens is 2. The minimum atomic E-state index is -0.959. The van der Waals surface area contributed by atoms with E-state index in [0.29, 0.717) is 19.3 Å². The Bertz CT molecular complexity index is 354. The summed E-state index contributed by atoms with van der Waals surface area (Å²) in [5, 5.41) is 9.25. The summed E-state index contributed by atoms with van der Waals surface area (Å²) in [6, 6.07) is 3.84. The first-order valence-corrected chi connectivity index (χ1v) is 4.95. The van der Waals surface area contributed by atoms with Crippen LogP contribution in [0, 0.1) is 11.6 Å². The molecular formula is C11H12F2O2. The van der Waals surface area contributed by atoms with Crippen molar-refractivity contribution < 1.29 is 18.6 Å². The first-order chi connectivity index (χ1) is 7.16. The fourth-order valence-electron chi connectivity index (χ4n) is 1.78. The summed E-state index contributed by atoms with van der Waals surface area (Å²) in [6.07, 6.45) is 1.22. The van der Waals surface area contributed by atoms with Gasteiger partial charge >= 0.3 is 0 Å². The second-order valence-electron chi connectivity index (χ2n) is 3.76. The Balaban J connectivity index is 2.07. The quantitative estimate of drug-likeness (QED) is 0.818. The Kier molecular flexibility index (Phi) is 2.86. The number of hydrogen-bond donors (Lipinski definition) is 1. The fourth-order valence-corrected chi connectivity index (χ4v) is 1.78. The monoisotopic (exact) mass is 214 g/mol. The summed E-state index contributed by atoms with van der Waals surface area (Å²) in [5.41, 5.74) is 0. The second kappa shape index (κ2) is 4.14. The smallest absolute Gasteiger partial charge is 0.200 e. The number of benzene rings is 1. The van der Waals surface area contributed by atoms with E-state index in [0.717, 1.165) is 6.07 Å². The molecule has 1 aromatic carbocycles. The Morgan fingerprint density at radius 3 is 2.73 bits per heavy atom. The maximum absolute atomic E-state index is 13.2. The van der Waals surface area contributed by atoms with Crippen LogP contribution in [0.2, 0.25) is 0 Å². The van der Waals surface area contributed by atoms with Gasteiger partial charge in [0, 0.05) is 6.42 Å². The average Bonchev–Trinajstić information content (AvgIpc) is 2.59.